The molecule has 0 radical (unpaired) electrons. The van der Waals surface area contributed by atoms with Crippen LogP contribution < -0.4 is 24.8 Å². The van der Waals surface area contributed by atoms with Crippen LogP contribution >= 0.6 is 0 Å². The minimum absolute atomic E-state index is 0.196. The summed E-state index contributed by atoms with van der Waals surface area (Å²) in [6.45, 7) is 2.41. The van der Waals surface area contributed by atoms with Gasteiger partial charge in [0.1, 0.15) is 12.4 Å². The molecule has 3 aromatic rings. The van der Waals surface area contributed by atoms with Crippen molar-refractivity contribution in [1.29, 1.82) is 0 Å². The van der Waals surface area contributed by atoms with Crippen molar-refractivity contribution in [2.45, 2.75) is 13.5 Å². The Hall–Kier alpha value is -4.07. The molecule has 8 heteroatoms. The van der Waals surface area contributed by atoms with E-state index in [1.165, 1.54) is 0 Å². The highest BCUT2D eigenvalue weighted by Gasteiger charge is 2.14. The molecule has 0 saturated carbocycles. The number of anilines is 1. The van der Waals surface area contributed by atoms with E-state index in [0.717, 1.165) is 5.56 Å². The van der Waals surface area contributed by atoms with Gasteiger partial charge in [-0.2, -0.15) is 0 Å². The fourth-order valence-corrected chi connectivity index (χ4v) is 2.90. The summed E-state index contributed by atoms with van der Waals surface area (Å²) >= 11 is 0. The number of aromatic nitrogens is 1. The Balaban J connectivity index is 1.59. The highest BCUT2D eigenvalue weighted by molar-refractivity contribution is 6.00. The molecule has 0 atom stereocenters. The summed E-state index contributed by atoms with van der Waals surface area (Å²) in [6.07, 6.45) is 3.38. The zero-order valence-electron chi connectivity index (χ0n) is 18.0. The van der Waals surface area contributed by atoms with Crippen molar-refractivity contribution in [3.8, 4) is 17.2 Å². The number of methoxy groups -OCH3 is 1. The largest absolute Gasteiger partial charge is 0.493 e. The normalized spacial score (nSPS) is 10.2. The molecule has 2 aromatic carbocycles. The first kappa shape index (κ1) is 22.6. The Morgan fingerprint density at radius 3 is 2.47 bits per heavy atom. The topological polar surface area (TPSA) is 98.8 Å². The maximum atomic E-state index is 12.4. The fourth-order valence-electron chi connectivity index (χ4n) is 2.90. The molecule has 2 amide bonds. The molecule has 0 saturated heterocycles. The van der Waals surface area contributed by atoms with Gasteiger partial charge in [-0.25, -0.2) is 0 Å². The van der Waals surface area contributed by atoms with Gasteiger partial charge in [-0.1, -0.05) is 12.1 Å². The van der Waals surface area contributed by atoms with Crippen molar-refractivity contribution < 1.29 is 23.8 Å². The van der Waals surface area contributed by atoms with Gasteiger partial charge in [-0.3, -0.25) is 14.6 Å². The number of para-hydroxylation sites is 1. The van der Waals surface area contributed by atoms with E-state index in [4.69, 9.17) is 14.2 Å². The number of rotatable bonds is 10. The van der Waals surface area contributed by atoms with Crippen LogP contribution in [0.4, 0.5) is 5.69 Å². The van der Waals surface area contributed by atoms with Gasteiger partial charge in [-0.15, -0.1) is 0 Å². The van der Waals surface area contributed by atoms with E-state index >= 15 is 0 Å². The van der Waals surface area contributed by atoms with Gasteiger partial charge in [-0.05, 0) is 48.9 Å². The van der Waals surface area contributed by atoms with E-state index in [9.17, 15) is 9.59 Å². The Kier molecular flexibility index (Phi) is 8.02. The van der Waals surface area contributed by atoms with Crippen LogP contribution in [0.2, 0.25) is 0 Å². The zero-order chi connectivity index (χ0) is 22.8. The fraction of sp³-hybridized carbons (Fsp3) is 0.208. The van der Waals surface area contributed by atoms with Crippen molar-refractivity contribution in [3.05, 3.63) is 78.1 Å². The summed E-state index contributed by atoms with van der Waals surface area (Å²) in [5.74, 6) is 0.728. The van der Waals surface area contributed by atoms with Crippen LogP contribution in [0.1, 0.15) is 22.8 Å². The first-order valence-electron chi connectivity index (χ1n) is 10.1. The zero-order valence-corrected chi connectivity index (χ0v) is 18.0. The number of carbonyl (C=O) groups excluding carboxylic acids is 2. The van der Waals surface area contributed by atoms with Crippen molar-refractivity contribution in [2.24, 2.45) is 0 Å². The SMILES string of the molecule is CCOc1ccccc1C(=O)NCC(=O)Nc1ccc(OC)c(OCc2ccncc2)c1. The highest BCUT2D eigenvalue weighted by Crippen LogP contribution is 2.31. The van der Waals surface area contributed by atoms with Crippen LogP contribution in [-0.2, 0) is 11.4 Å². The van der Waals surface area contributed by atoms with Gasteiger partial charge in [0, 0.05) is 24.1 Å². The Morgan fingerprint density at radius 1 is 0.938 bits per heavy atom. The minimum atomic E-state index is -0.389. The average Bonchev–Trinajstić information content (AvgIpc) is 2.82. The van der Waals surface area contributed by atoms with E-state index < -0.39 is 0 Å². The average molecular weight is 435 g/mol. The van der Waals surface area contributed by atoms with Gasteiger partial charge in [0.05, 0.1) is 25.8 Å². The molecule has 0 unspecified atom stereocenters. The molecule has 1 aromatic heterocycles. The molecule has 2 N–H and O–H groups in total. The first-order valence-corrected chi connectivity index (χ1v) is 10.1. The summed E-state index contributed by atoms with van der Waals surface area (Å²) < 4.78 is 16.6. The second kappa shape index (κ2) is 11.4. The molecule has 0 aliphatic carbocycles. The second-order valence-corrected chi connectivity index (χ2v) is 6.67. The molecule has 1 heterocycles. The van der Waals surface area contributed by atoms with Gasteiger partial charge in [0.15, 0.2) is 11.5 Å². The quantitative estimate of drug-likeness (QED) is 0.506. The number of amides is 2. The number of hydrogen-bond acceptors (Lipinski definition) is 6. The maximum Gasteiger partial charge on any atom is 0.255 e. The molecule has 0 fully saturated rings. The number of pyridine rings is 1. The number of hydrogen-bond donors (Lipinski definition) is 2. The van der Waals surface area contributed by atoms with Crippen molar-refractivity contribution in [1.82, 2.24) is 10.3 Å². The molecule has 166 valence electrons. The Morgan fingerprint density at radius 2 is 1.72 bits per heavy atom. The van der Waals surface area contributed by atoms with Gasteiger partial charge in [0.25, 0.3) is 5.91 Å². The highest BCUT2D eigenvalue weighted by atomic mass is 16.5. The van der Waals surface area contributed by atoms with Crippen LogP contribution in [0.3, 0.4) is 0 Å². The molecule has 0 aliphatic heterocycles. The number of benzene rings is 2. The Labute approximate surface area is 186 Å². The molecule has 8 nitrogen and oxygen atoms in total. The first-order chi connectivity index (χ1) is 15.6. The molecular weight excluding hydrogens is 410 g/mol. The van der Waals surface area contributed by atoms with E-state index in [2.05, 4.69) is 15.6 Å². The van der Waals surface area contributed by atoms with E-state index in [1.807, 2.05) is 19.1 Å². The molecular formula is C24H25N3O5. The Bertz CT molecular complexity index is 1060. The van der Waals surface area contributed by atoms with Crippen LogP contribution in [0.25, 0.3) is 0 Å². The third-order valence-electron chi connectivity index (χ3n) is 4.43. The predicted octanol–water partition coefficient (Wildman–Crippen LogP) is 3.44. The summed E-state index contributed by atoms with van der Waals surface area (Å²) in [4.78, 5) is 28.8. The predicted molar refractivity (Wildman–Crippen MR) is 120 cm³/mol. The molecule has 3 rings (SSSR count). The summed E-state index contributed by atoms with van der Waals surface area (Å²) in [6, 6.07) is 15.7. The lowest BCUT2D eigenvalue weighted by Gasteiger charge is -2.13. The third-order valence-corrected chi connectivity index (χ3v) is 4.43. The summed E-state index contributed by atoms with van der Waals surface area (Å²) in [5.41, 5.74) is 1.84. The minimum Gasteiger partial charge on any atom is -0.493 e. The molecule has 0 bridgehead atoms. The lowest BCUT2D eigenvalue weighted by molar-refractivity contribution is -0.115. The second-order valence-electron chi connectivity index (χ2n) is 6.67. The van der Waals surface area contributed by atoms with Gasteiger partial charge in [0.2, 0.25) is 5.91 Å². The number of ether oxygens (including phenoxy) is 3. The molecule has 32 heavy (non-hydrogen) atoms. The van der Waals surface area contributed by atoms with Crippen molar-refractivity contribution >= 4 is 17.5 Å². The van der Waals surface area contributed by atoms with Crippen LogP contribution in [0, 0.1) is 0 Å². The lowest BCUT2D eigenvalue weighted by atomic mass is 10.2. The van der Waals surface area contributed by atoms with Crippen molar-refractivity contribution in [3.63, 3.8) is 0 Å². The van der Waals surface area contributed by atoms with Crippen molar-refractivity contribution in [2.75, 3.05) is 25.6 Å². The number of nitrogens with zero attached hydrogens (tertiary/aromatic N) is 1. The molecule has 0 spiro atoms. The standard InChI is InChI=1S/C24H25N3O5/c1-3-31-20-7-5-4-6-19(20)24(29)26-15-23(28)27-18-8-9-21(30-2)22(14-18)32-16-17-10-12-25-13-11-17/h4-14H,3,15-16H2,1-2H3,(H,26,29)(H,27,28). The van der Waals surface area contributed by atoms with Crippen LogP contribution in [-0.4, -0.2) is 37.1 Å². The van der Waals surface area contributed by atoms with Crippen LogP contribution in [0.15, 0.2) is 67.0 Å². The summed E-state index contributed by atoms with van der Waals surface area (Å²) in [7, 11) is 1.54. The summed E-state index contributed by atoms with van der Waals surface area (Å²) in [5, 5.41) is 5.36. The smallest absolute Gasteiger partial charge is 0.255 e. The maximum absolute atomic E-state index is 12.4. The number of nitrogens with one attached hydrogen (secondary N) is 2. The van der Waals surface area contributed by atoms with E-state index in [0.29, 0.717) is 41.7 Å². The van der Waals surface area contributed by atoms with Gasteiger partial charge >= 0.3 is 0 Å². The van der Waals surface area contributed by atoms with Gasteiger partial charge < -0.3 is 24.8 Å². The number of carbonyl (C=O) groups is 2. The monoisotopic (exact) mass is 435 g/mol. The molecule has 0 aliphatic rings. The third kappa shape index (κ3) is 6.21. The van der Waals surface area contributed by atoms with E-state index in [1.54, 1.807) is 62.0 Å². The van der Waals surface area contributed by atoms with E-state index in [-0.39, 0.29) is 18.4 Å². The van der Waals surface area contributed by atoms with Crippen LogP contribution in [0.5, 0.6) is 17.2 Å². The lowest BCUT2D eigenvalue weighted by Crippen LogP contribution is -2.33.